The Kier molecular flexibility index (Phi) is 2.84. The molecule has 2 rings (SSSR count). The Labute approximate surface area is 104 Å². The highest BCUT2D eigenvalue weighted by Crippen LogP contribution is 2.45. The van der Waals surface area contributed by atoms with Gasteiger partial charge in [0.15, 0.2) is 5.78 Å². The summed E-state index contributed by atoms with van der Waals surface area (Å²) in [4.78, 5) is 11.8. The van der Waals surface area contributed by atoms with Gasteiger partial charge in [0, 0.05) is 13.5 Å². The van der Waals surface area contributed by atoms with E-state index in [4.69, 9.17) is 11.0 Å². The Morgan fingerprint density at radius 3 is 2.76 bits per heavy atom. The zero-order chi connectivity index (χ0) is 12.6. The molecule has 0 atom stereocenters. The molecule has 0 aliphatic heterocycles. The third-order valence-corrected chi connectivity index (χ3v) is 4.42. The summed E-state index contributed by atoms with van der Waals surface area (Å²) in [5.74, 6) is -0.0883. The van der Waals surface area contributed by atoms with Crippen LogP contribution < -0.4 is 11.1 Å². The second kappa shape index (κ2) is 4.04. The van der Waals surface area contributed by atoms with E-state index in [0.29, 0.717) is 21.5 Å². The van der Waals surface area contributed by atoms with Gasteiger partial charge in [-0.05, 0) is 18.3 Å². The number of hydrogen-bond acceptors (Lipinski definition) is 5. The number of nitrogens with two attached hydrogens (primary N) is 1. The number of thiophene rings is 1. The van der Waals surface area contributed by atoms with Crippen molar-refractivity contribution in [3.8, 4) is 6.07 Å². The minimum absolute atomic E-state index is 0.0883. The molecule has 0 radical (unpaired) electrons. The van der Waals surface area contributed by atoms with Crippen LogP contribution in [0.5, 0.6) is 0 Å². The van der Waals surface area contributed by atoms with E-state index in [-0.39, 0.29) is 5.78 Å². The summed E-state index contributed by atoms with van der Waals surface area (Å²) in [7, 11) is 0. The number of nitrogens with zero attached hydrogens (tertiary/aromatic N) is 1. The van der Waals surface area contributed by atoms with Gasteiger partial charge in [0.05, 0.1) is 10.6 Å². The van der Waals surface area contributed by atoms with E-state index in [1.165, 1.54) is 31.1 Å². The molecule has 1 heterocycles. The summed E-state index contributed by atoms with van der Waals surface area (Å²) in [6, 6.07) is 2.07. The molecule has 1 aliphatic rings. The Morgan fingerprint density at radius 2 is 2.29 bits per heavy atom. The first-order valence-corrected chi connectivity index (χ1v) is 6.36. The summed E-state index contributed by atoms with van der Waals surface area (Å²) in [5.41, 5.74) is 6.87. The van der Waals surface area contributed by atoms with Crippen LogP contribution in [0.15, 0.2) is 0 Å². The van der Waals surface area contributed by atoms with Gasteiger partial charge in [-0.2, -0.15) is 5.26 Å². The molecule has 3 N–H and O–H groups in total. The third-order valence-electron chi connectivity index (χ3n) is 3.16. The maximum absolute atomic E-state index is 11.4. The van der Waals surface area contributed by atoms with E-state index < -0.39 is 0 Å². The number of ketones is 1. The van der Waals surface area contributed by atoms with Gasteiger partial charge in [-0.3, -0.25) is 4.79 Å². The lowest BCUT2D eigenvalue weighted by Gasteiger charge is -2.09. The van der Waals surface area contributed by atoms with E-state index in [0.717, 1.165) is 11.5 Å². The Hall–Kier alpha value is -1.54. The Bertz CT molecular complexity index is 509. The fraction of sp³-hybridized carbons (Fsp3) is 0.500. The van der Waals surface area contributed by atoms with Crippen LogP contribution in [0.4, 0.5) is 10.7 Å². The van der Waals surface area contributed by atoms with Gasteiger partial charge in [-0.25, -0.2) is 0 Å². The predicted octanol–water partition coefficient (Wildman–Crippen LogP) is 2.62. The van der Waals surface area contributed by atoms with Gasteiger partial charge in [0.25, 0.3) is 0 Å². The number of anilines is 2. The largest absolute Gasteiger partial charge is 0.396 e. The lowest BCUT2D eigenvalue weighted by molar-refractivity contribution is 0.102. The lowest BCUT2D eigenvalue weighted by Crippen LogP contribution is -2.11. The minimum atomic E-state index is -0.0883. The molecule has 0 bridgehead atoms. The van der Waals surface area contributed by atoms with Crippen molar-refractivity contribution in [3.05, 3.63) is 10.4 Å². The van der Waals surface area contributed by atoms with Crippen molar-refractivity contribution in [2.24, 2.45) is 5.41 Å². The summed E-state index contributed by atoms with van der Waals surface area (Å²) in [6.45, 7) is 4.50. The minimum Gasteiger partial charge on any atom is -0.396 e. The molecule has 4 nitrogen and oxygen atoms in total. The first-order valence-electron chi connectivity index (χ1n) is 5.54. The molecule has 0 spiro atoms. The quantitative estimate of drug-likeness (QED) is 0.804. The van der Waals surface area contributed by atoms with Crippen LogP contribution in [0.2, 0.25) is 0 Å². The molecular weight excluding hydrogens is 234 g/mol. The zero-order valence-corrected chi connectivity index (χ0v) is 10.8. The molecule has 1 saturated carbocycles. The molecule has 5 heteroatoms. The Morgan fingerprint density at radius 1 is 1.65 bits per heavy atom. The second-order valence-electron chi connectivity index (χ2n) is 4.88. The molecule has 0 amide bonds. The number of Topliss-reactive ketones (excluding diaryl/α,β-unsaturated/α-hetero) is 1. The van der Waals surface area contributed by atoms with E-state index in [9.17, 15) is 4.79 Å². The van der Waals surface area contributed by atoms with Crippen LogP contribution in [-0.2, 0) is 0 Å². The summed E-state index contributed by atoms with van der Waals surface area (Å²) < 4.78 is 0. The summed E-state index contributed by atoms with van der Waals surface area (Å²) >= 11 is 1.28. The van der Waals surface area contributed by atoms with E-state index in [2.05, 4.69) is 18.3 Å². The highest BCUT2D eigenvalue weighted by molar-refractivity contribution is 7.18. The third kappa shape index (κ3) is 2.27. The predicted molar refractivity (Wildman–Crippen MR) is 69.3 cm³/mol. The van der Waals surface area contributed by atoms with Crippen molar-refractivity contribution in [1.82, 2.24) is 0 Å². The number of nitrogens with one attached hydrogen (secondary N) is 1. The van der Waals surface area contributed by atoms with Gasteiger partial charge in [0.1, 0.15) is 16.6 Å². The molecule has 0 aromatic carbocycles. The van der Waals surface area contributed by atoms with Crippen LogP contribution in [0, 0.1) is 16.7 Å². The summed E-state index contributed by atoms with van der Waals surface area (Å²) in [6.07, 6.45) is 2.42. The van der Waals surface area contributed by atoms with E-state index in [1.54, 1.807) is 0 Å². The number of nitriles is 1. The van der Waals surface area contributed by atoms with Crippen LogP contribution in [0.25, 0.3) is 0 Å². The van der Waals surface area contributed by atoms with Gasteiger partial charge >= 0.3 is 0 Å². The molecule has 0 saturated heterocycles. The second-order valence-corrected chi connectivity index (χ2v) is 5.90. The number of carbonyl (C=O) groups excluding carboxylic acids is 1. The topological polar surface area (TPSA) is 78.9 Å². The van der Waals surface area contributed by atoms with Crippen LogP contribution in [-0.4, -0.2) is 12.3 Å². The smallest absolute Gasteiger partial charge is 0.171 e. The number of rotatable bonds is 4. The number of hydrogen-bond donors (Lipinski definition) is 2. The van der Waals surface area contributed by atoms with Crippen molar-refractivity contribution in [3.63, 3.8) is 0 Å². The zero-order valence-electron chi connectivity index (χ0n) is 9.96. The van der Waals surface area contributed by atoms with Crippen LogP contribution >= 0.6 is 11.3 Å². The van der Waals surface area contributed by atoms with E-state index >= 15 is 0 Å². The van der Waals surface area contributed by atoms with Crippen molar-refractivity contribution in [2.75, 3.05) is 17.6 Å². The lowest BCUT2D eigenvalue weighted by atomic mass is 10.1. The summed E-state index contributed by atoms with van der Waals surface area (Å²) in [5, 5.41) is 13.0. The average molecular weight is 249 g/mol. The van der Waals surface area contributed by atoms with Crippen molar-refractivity contribution in [1.29, 1.82) is 5.26 Å². The monoisotopic (exact) mass is 249 g/mol. The fourth-order valence-corrected chi connectivity index (χ4v) is 2.59. The van der Waals surface area contributed by atoms with Crippen molar-refractivity contribution in [2.45, 2.75) is 26.7 Å². The molecular formula is C12H15N3OS. The maximum atomic E-state index is 11.4. The van der Waals surface area contributed by atoms with Gasteiger partial charge in [0.2, 0.25) is 0 Å². The molecule has 1 aromatic rings. The fourth-order valence-electron chi connectivity index (χ4n) is 1.62. The molecule has 1 aromatic heterocycles. The SMILES string of the molecule is CC(=O)c1sc(NCC2(C)CC2)c(C#N)c1N. The van der Waals surface area contributed by atoms with E-state index in [1.807, 2.05) is 0 Å². The molecule has 90 valence electrons. The average Bonchev–Trinajstić information content (AvgIpc) is 2.90. The van der Waals surface area contributed by atoms with Gasteiger partial charge in [-0.15, -0.1) is 11.3 Å². The van der Waals surface area contributed by atoms with Crippen LogP contribution in [0.1, 0.15) is 41.9 Å². The standard InChI is InChI=1S/C12H15N3OS/c1-7(16)10-9(14)8(5-13)11(17-10)15-6-12(2)3-4-12/h15H,3-4,6,14H2,1-2H3. The number of carbonyl (C=O) groups is 1. The Balaban J connectivity index is 2.24. The highest BCUT2D eigenvalue weighted by Gasteiger charge is 2.37. The van der Waals surface area contributed by atoms with Gasteiger partial charge < -0.3 is 11.1 Å². The number of nitrogen functional groups attached to an aromatic ring is 1. The first kappa shape index (κ1) is 11.9. The molecule has 0 unspecified atom stereocenters. The van der Waals surface area contributed by atoms with Crippen molar-refractivity contribution < 1.29 is 4.79 Å². The van der Waals surface area contributed by atoms with Gasteiger partial charge in [-0.1, -0.05) is 6.92 Å². The molecule has 1 fully saturated rings. The first-order chi connectivity index (χ1) is 7.97. The van der Waals surface area contributed by atoms with Crippen molar-refractivity contribution >= 4 is 27.8 Å². The normalized spacial score (nSPS) is 16.3. The highest BCUT2D eigenvalue weighted by atomic mass is 32.1. The molecule has 17 heavy (non-hydrogen) atoms. The van der Waals surface area contributed by atoms with Crippen LogP contribution in [0.3, 0.4) is 0 Å². The maximum Gasteiger partial charge on any atom is 0.171 e. The molecule has 1 aliphatic carbocycles.